The number of hydrogen-bond donors (Lipinski definition) is 1. The van der Waals surface area contributed by atoms with E-state index >= 15 is 0 Å². The maximum absolute atomic E-state index is 11.2. The summed E-state index contributed by atoms with van der Waals surface area (Å²) in [7, 11) is 0. The molecule has 0 unspecified atom stereocenters. The van der Waals surface area contributed by atoms with Crippen molar-refractivity contribution in [2.24, 2.45) is 0 Å². The molecule has 1 aromatic carbocycles. The zero-order valence-corrected chi connectivity index (χ0v) is 9.05. The van der Waals surface area contributed by atoms with Crippen LogP contribution < -0.4 is 0 Å². The molecule has 0 spiro atoms. The van der Waals surface area contributed by atoms with Crippen LogP contribution in [0, 0.1) is 0 Å². The quantitative estimate of drug-likeness (QED) is 0.272. The molecular weight excluding hydrogens is 208 g/mol. The van der Waals surface area contributed by atoms with Crippen molar-refractivity contribution >= 4 is 12.0 Å². The summed E-state index contributed by atoms with van der Waals surface area (Å²) in [6.45, 7) is 2.09. The first-order valence-electron chi connectivity index (χ1n) is 4.94. The van der Waals surface area contributed by atoms with Crippen LogP contribution in [0.3, 0.4) is 0 Å². The largest absolute Gasteiger partial charge is 0.502 e. The summed E-state index contributed by atoms with van der Waals surface area (Å²) in [6, 6.07) is 9.01. The first-order valence-corrected chi connectivity index (χ1v) is 4.94. The first-order chi connectivity index (χ1) is 7.74. The van der Waals surface area contributed by atoms with Gasteiger partial charge in [0.2, 0.25) is 5.76 Å². The van der Waals surface area contributed by atoms with Crippen LogP contribution in [0.25, 0.3) is 6.08 Å². The second-order valence-corrected chi connectivity index (χ2v) is 2.98. The van der Waals surface area contributed by atoms with Crippen LogP contribution >= 0.6 is 0 Å². The van der Waals surface area contributed by atoms with Crippen LogP contribution in [0.1, 0.15) is 12.5 Å². The minimum Gasteiger partial charge on any atom is -0.502 e. The van der Waals surface area contributed by atoms with Crippen molar-refractivity contribution in [3.63, 3.8) is 0 Å². The third-order valence-electron chi connectivity index (χ3n) is 1.79. The number of carbonyl (C=O) groups excluding carboxylic acids is 1. The van der Waals surface area contributed by atoms with Gasteiger partial charge < -0.3 is 14.6 Å². The lowest BCUT2D eigenvalue weighted by molar-refractivity contribution is -0.153. The molecule has 0 aliphatic heterocycles. The van der Waals surface area contributed by atoms with Crippen LogP contribution in [0.2, 0.25) is 0 Å². The van der Waals surface area contributed by atoms with Crippen molar-refractivity contribution in [3.8, 4) is 0 Å². The highest BCUT2D eigenvalue weighted by Gasteiger charge is 2.08. The Balaban J connectivity index is 2.53. The maximum Gasteiger partial charge on any atom is 0.375 e. The maximum atomic E-state index is 11.2. The van der Waals surface area contributed by atoms with E-state index in [9.17, 15) is 9.90 Å². The highest BCUT2D eigenvalue weighted by molar-refractivity contribution is 5.90. The lowest BCUT2D eigenvalue weighted by atomic mass is 10.2. The fourth-order valence-corrected chi connectivity index (χ4v) is 1.02. The summed E-state index contributed by atoms with van der Waals surface area (Å²) < 4.78 is 9.46. The smallest absolute Gasteiger partial charge is 0.375 e. The number of carbonyl (C=O) groups is 1. The molecule has 1 aromatic rings. The van der Waals surface area contributed by atoms with E-state index < -0.39 is 11.7 Å². The molecule has 1 N–H and O–H groups in total. The molecule has 0 amide bonds. The van der Waals surface area contributed by atoms with E-state index in [2.05, 4.69) is 4.74 Å². The highest BCUT2D eigenvalue weighted by atomic mass is 16.7. The van der Waals surface area contributed by atoms with E-state index in [1.165, 1.54) is 6.08 Å². The molecule has 0 aliphatic rings. The number of rotatable bonds is 5. The number of ether oxygens (including phenoxy) is 2. The van der Waals surface area contributed by atoms with Crippen LogP contribution in [-0.4, -0.2) is 24.5 Å². The number of aliphatic hydroxyl groups is 1. The predicted octanol–water partition coefficient (Wildman–Crippen LogP) is 2.12. The van der Waals surface area contributed by atoms with Gasteiger partial charge in [-0.25, -0.2) is 4.79 Å². The molecule has 16 heavy (non-hydrogen) atoms. The number of hydrogen-bond acceptors (Lipinski definition) is 4. The fraction of sp³-hybridized carbons (Fsp3) is 0.250. The van der Waals surface area contributed by atoms with Gasteiger partial charge in [0.1, 0.15) is 0 Å². The van der Waals surface area contributed by atoms with Gasteiger partial charge in [-0.05, 0) is 18.6 Å². The summed E-state index contributed by atoms with van der Waals surface area (Å²) in [6.07, 6.45) is 1.34. The second-order valence-electron chi connectivity index (χ2n) is 2.98. The average Bonchev–Trinajstić information content (AvgIpc) is 2.30. The molecule has 0 heterocycles. The fourth-order valence-electron chi connectivity index (χ4n) is 1.02. The lowest BCUT2D eigenvalue weighted by Gasteiger charge is -2.03. The SMILES string of the molecule is CCOCOC(=O)C(O)=Cc1ccccc1. The molecule has 0 aromatic heterocycles. The summed E-state index contributed by atoms with van der Waals surface area (Å²) in [5.41, 5.74) is 0.730. The molecule has 0 fully saturated rings. The summed E-state index contributed by atoms with van der Waals surface area (Å²) in [4.78, 5) is 11.2. The Morgan fingerprint density at radius 2 is 2.06 bits per heavy atom. The van der Waals surface area contributed by atoms with E-state index in [-0.39, 0.29) is 6.79 Å². The van der Waals surface area contributed by atoms with Crippen LogP contribution in [-0.2, 0) is 14.3 Å². The number of benzene rings is 1. The van der Waals surface area contributed by atoms with Gasteiger partial charge in [0.25, 0.3) is 0 Å². The monoisotopic (exact) mass is 222 g/mol. The molecule has 1 rings (SSSR count). The Kier molecular flexibility index (Phi) is 5.08. The molecule has 0 bridgehead atoms. The van der Waals surface area contributed by atoms with Crippen molar-refractivity contribution in [2.45, 2.75) is 6.92 Å². The topological polar surface area (TPSA) is 55.8 Å². The molecule has 4 nitrogen and oxygen atoms in total. The van der Waals surface area contributed by atoms with E-state index in [4.69, 9.17) is 4.74 Å². The number of aliphatic hydroxyl groups excluding tert-OH is 1. The molecule has 0 aliphatic carbocycles. The highest BCUT2D eigenvalue weighted by Crippen LogP contribution is 2.05. The van der Waals surface area contributed by atoms with Crippen molar-refractivity contribution in [1.29, 1.82) is 0 Å². The number of esters is 1. The van der Waals surface area contributed by atoms with Crippen molar-refractivity contribution in [3.05, 3.63) is 41.7 Å². The van der Waals surface area contributed by atoms with Crippen LogP contribution in [0.5, 0.6) is 0 Å². The Morgan fingerprint density at radius 1 is 1.38 bits per heavy atom. The molecule has 4 heteroatoms. The van der Waals surface area contributed by atoms with Crippen molar-refractivity contribution in [1.82, 2.24) is 0 Å². The lowest BCUT2D eigenvalue weighted by Crippen LogP contribution is -2.10. The molecule has 0 radical (unpaired) electrons. The second kappa shape index (κ2) is 6.63. The molecule has 86 valence electrons. The zero-order valence-electron chi connectivity index (χ0n) is 9.05. The van der Waals surface area contributed by atoms with E-state index in [1.807, 2.05) is 18.2 Å². The molecule has 0 saturated heterocycles. The van der Waals surface area contributed by atoms with Gasteiger partial charge in [0.15, 0.2) is 6.79 Å². The van der Waals surface area contributed by atoms with E-state index in [0.29, 0.717) is 6.61 Å². The third-order valence-corrected chi connectivity index (χ3v) is 1.79. The Bertz CT molecular complexity index is 357. The average molecular weight is 222 g/mol. The summed E-state index contributed by atoms with van der Waals surface area (Å²) in [5.74, 6) is -1.23. The van der Waals surface area contributed by atoms with E-state index in [1.54, 1.807) is 19.1 Å². The normalized spacial score (nSPS) is 11.2. The van der Waals surface area contributed by atoms with Gasteiger partial charge in [-0.2, -0.15) is 0 Å². The summed E-state index contributed by atoms with van der Waals surface area (Å²) in [5, 5.41) is 9.40. The van der Waals surface area contributed by atoms with Gasteiger partial charge in [0.05, 0.1) is 0 Å². The van der Waals surface area contributed by atoms with Gasteiger partial charge in [-0.1, -0.05) is 30.3 Å². The van der Waals surface area contributed by atoms with Crippen molar-refractivity contribution in [2.75, 3.05) is 13.4 Å². The van der Waals surface area contributed by atoms with Crippen LogP contribution in [0.15, 0.2) is 36.1 Å². The standard InChI is InChI=1S/C12H14O4/c1-2-15-9-16-12(14)11(13)8-10-6-4-3-5-7-10/h3-8,13H,2,9H2,1H3. The predicted molar refractivity (Wildman–Crippen MR) is 59.6 cm³/mol. The third kappa shape index (κ3) is 4.14. The minimum absolute atomic E-state index is 0.151. The molecular formula is C12H14O4. The Labute approximate surface area is 94.1 Å². The molecule has 0 saturated carbocycles. The summed E-state index contributed by atoms with van der Waals surface area (Å²) >= 11 is 0. The Hall–Kier alpha value is -1.81. The molecule has 0 atom stereocenters. The van der Waals surface area contributed by atoms with Gasteiger partial charge >= 0.3 is 5.97 Å². The zero-order chi connectivity index (χ0) is 11.8. The van der Waals surface area contributed by atoms with Gasteiger partial charge in [-0.3, -0.25) is 0 Å². The van der Waals surface area contributed by atoms with E-state index in [0.717, 1.165) is 5.56 Å². The minimum atomic E-state index is -0.794. The van der Waals surface area contributed by atoms with Gasteiger partial charge in [-0.15, -0.1) is 0 Å². The van der Waals surface area contributed by atoms with Crippen molar-refractivity contribution < 1.29 is 19.4 Å². The van der Waals surface area contributed by atoms with Gasteiger partial charge in [0, 0.05) is 6.61 Å². The first kappa shape index (κ1) is 12.3. The Morgan fingerprint density at radius 3 is 2.69 bits per heavy atom. The van der Waals surface area contributed by atoms with Crippen LogP contribution in [0.4, 0.5) is 0 Å².